The van der Waals surface area contributed by atoms with Gasteiger partial charge in [-0.3, -0.25) is 10.1 Å². The van der Waals surface area contributed by atoms with Crippen LogP contribution in [0.1, 0.15) is 26.2 Å². The number of hydrogen-bond acceptors (Lipinski definition) is 3. The van der Waals surface area contributed by atoms with Crippen LogP contribution < -0.4 is 5.32 Å². The van der Waals surface area contributed by atoms with Gasteiger partial charge in [-0.05, 0) is 19.3 Å². The Bertz CT molecular complexity index is 341. The van der Waals surface area contributed by atoms with Gasteiger partial charge < -0.3 is 9.64 Å². The van der Waals surface area contributed by atoms with Gasteiger partial charge in [0.1, 0.15) is 12.1 Å². The molecular weight excluding hydrogens is 273 g/mol. The van der Waals surface area contributed by atoms with E-state index in [0.717, 1.165) is 0 Å². The van der Waals surface area contributed by atoms with E-state index in [1.807, 2.05) is 0 Å². The van der Waals surface area contributed by atoms with E-state index in [4.69, 9.17) is 4.74 Å². The average Bonchev–Trinajstić information content (AvgIpc) is 2.38. The van der Waals surface area contributed by atoms with Crippen molar-refractivity contribution >= 4 is 5.91 Å². The smallest absolute Gasteiger partial charge is 0.363 e. The normalized spacial score (nSPS) is 29.5. The number of nitrogens with one attached hydrogen (secondary N) is 1. The van der Waals surface area contributed by atoms with Crippen LogP contribution in [-0.2, 0) is 9.53 Å². The van der Waals surface area contributed by atoms with E-state index < -0.39 is 18.3 Å². The van der Waals surface area contributed by atoms with Gasteiger partial charge >= 0.3 is 6.18 Å². The highest BCUT2D eigenvalue weighted by molar-refractivity contribution is 5.73. The Morgan fingerprint density at radius 2 is 2.00 bits per heavy atom. The molecule has 2 atom stereocenters. The first-order chi connectivity index (χ1) is 9.38. The topological polar surface area (TPSA) is 41.6 Å². The van der Waals surface area contributed by atoms with E-state index in [1.165, 1.54) is 6.92 Å². The van der Waals surface area contributed by atoms with Crippen molar-refractivity contribution in [1.29, 1.82) is 0 Å². The molecule has 2 rings (SSSR count). The van der Waals surface area contributed by atoms with Gasteiger partial charge in [0.15, 0.2) is 0 Å². The van der Waals surface area contributed by atoms with Crippen LogP contribution in [0.3, 0.4) is 0 Å². The number of nitrogens with zero attached hydrogens (tertiary/aromatic N) is 1. The lowest BCUT2D eigenvalue weighted by atomic mass is 9.96. The second-order valence-electron chi connectivity index (χ2n) is 5.21. The minimum Gasteiger partial charge on any atom is -0.363 e. The first-order valence-electron chi connectivity index (χ1n) is 6.81. The molecule has 20 heavy (non-hydrogen) atoms. The summed E-state index contributed by atoms with van der Waals surface area (Å²) in [6.45, 7) is 2.91. The molecule has 0 aromatic heterocycles. The van der Waals surface area contributed by atoms with Crippen LogP contribution in [0.15, 0.2) is 0 Å². The Kier molecular flexibility index (Phi) is 4.90. The molecule has 2 saturated heterocycles. The third kappa shape index (κ3) is 3.85. The second-order valence-corrected chi connectivity index (χ2v) is 5.21. The summed E-state index contributed by atoms with van der Waals surface area (Å²) < 4.78 is 43.9. The van der Waals surface area contributed by atoms with Crippen LogP contribution in [0.25, 0.3) is 0 Å². The molecule has 1 amide bonds. The fourth-order valence-corrected chi connectivity index (χ4v) is 2.63. The van der Waals surface area contributed by atoms with E-state index in [1.54, 1.807) is 4.90 Å². The summed E-state index contributed by atoms with van der Waals surface area (Å²) in [5, 5.41) is 2.93. The SMILES string of the molecule is CC(=O)N1CCC(NC2OCC[C]C2C(F)(F)F)CC1. The summed E-state index contributed by atoms with van der Waals surface area (Å²) in [5.74, 6) is -1.67. The number of carbonyl (C=O) groups is 1. The zero-order valence-electron chi connectivity index (χ0n) is 11.4. The van der Waals surface area contributed by atoms with Gasteiger partial charge in [-0.2, -0.15) is 13.2 Å². The maximum atomic E-state index is 12.9. The summed E-state index contributed by atoms with van der Waals surface area (Å²) in [5.41, 5.74) is 0. The van der Waals surface area contributed by atoms with Gasteiger partial charge in [0.2, 0.25) is 5.91 Å². The summed E-state index contributed by atoms with van der Waals surface area (Å²) in [6.07, 6.45) is -1.46. The molecule has 7 heteroatoms. The Morgan fingerprint density at radius 3 is 2.55 bits per heavy atom. The largest absolute Gasteiger partial charge is 0.396 e. The molecule has 0 aromatic carbocycles. The predicted octanol–water partition coefficient (Wildman–Crippen LogP) is 1.59. The number of carbonyl (C=O) groups excluding carboxylic acids is 1. The molecule has 2 aliphatic heterocycles. The van der Waals surface area contributed by atoms with Crippen LogP contribution in [0.4, 0.5) is 13.2 Å². The fraction of sp³-hybridized carbons (Fsp3) is 0.846. The maximum absolute atomic E-state index is 12.9. The van der Waals surface area contributed by atoms with Crippen molar-refractivity contribution in [3.63, 3.8) is 0 Å². The Labute approximate surface area is 116 Å². The van der Waals surface area contributed by atoms with Crippen LogP contribution in [-0.4, -0.2) is 48.9 Å². The first-order valence-corrected chi connectivity index (χ1v) is 6.81. The number of hydrogen-bond donors (Lipinski definition) is 1. The molecule has 1 N–H and O–H groups in total. The number of alkyl halides is 3. The van der Waals surface area contributed by atoms with Crippen molar-refractivity contribution in [2.75, 3.05) is 19.7 Å². The lowest BCUT2D eigenvalue weighted by Crippen LogP contribution is -2.54. The van der Waals surface area contributed by atoms with Crippen molar-refractivity contribution in [1.82, 2.24) is 10.2 Å². The Morgan fingerprint density at radius 1 is 1.35 bits per heavy atom. The van der Waals surface area contributed by atoms with E-state index in [-0.39, 0.29) is 25.0 Å². The molecule has 2 heterocycles. The molecular formula is C13H19F3N2O2. The van der Waals surface area contributed by atoms with Crippen molar-refractivity contribution in [2.45, 2.75) is 44.6 Å². The van der Waals surface area contributed by atoms with Crippen LogP contribution in [0, 0.1) is 12.3 Å². The molecule has 2 unspecified atom stereocenters. The van der Waals surface area contributed by atoms with E-state index >= 15 is 0 Å². The number of rotatable bonds is 2. The predicted molar refractivity (Wildman–Crippen MR) is 65.6 cm³/mol. The number of ether oxygens (including phenoxy) is 1. The van der Waals surface area contributed by atoms with E-state index in [9.17, 15) is 18.0 Å². The van der Waals surface area contributed by atoms with Gasteiger partial charge in [-0.25, -0.2) is 0 Å². The molecule has 2 aliphatic rings. The van der Waals surface area contributed by atoms with Gasteiger partial charge in [-0.1, -0.05) is 0 Å². The van der Waals surface area contributed by atoms with Crippen LogP contribution in [0.2, 0.25) is 0 Å². The monoisotopic (exact) mass is 292 g/mol. The van der Waals surface area contributed by atoms with Crippen molar-refractivity contribution in [3.05, 3.63) is 6.42 Å². The third-order valence-electron chi connectivity index (χ3n) is 3.76. The Balaban J connectivity index is 1.87. The third-order valence-corrected chi connectivity index (χ3v) is 3.76. The van der Waals surface area contributed by atoms with Gasteiger partial charge in [0.25, 0.3) is 0 Å². The number of halogens is 3. The molecule has 0 aromatic rings. The van der Waals surface area contributed by atoms with Crippen LogP contribution in [0.5, 0.6) is 0 Å². The number of likely N-dealkylation sites (tertiary alicyclic amines) is 1. The van der Waals surface area contributed by atoms with Crippen molar-refractivity contribution in [3.8, 4) is 0 Å². The highest BCUT2D eigenvalue weighted by Gasteiger charge is 2.47. The second kappa shape index (κ2) is 6.30. The molecule has 2 radical (unpaired) electrons. The summed E-state index contributed by atoms with van der Waals surface area (Å²) in [7, 11) is 0. The zero-order chi connectivity index (χ0) is 14.8. The molecule has 0 saturated carbocycles. The molecule has 0 spiro atoms. The van der Waals surface area contributed by atoms with Gasteiger partial charge in [0.05, 0.1) is 0 Å². The van der Waals surface area contributed by atoms with Crippen molar-refractivity contribution in [2.24, 2.45) is 5.92 Å². The van der Waals surface area contributed by atoms with Crippen molar-refractivity contribution < 1.29 is 22.7 Å². The highest BCUT2D eigenvalue weighted by atomic mass is 19.4. The lowest BCUT2D eigenvalue weighted by molar-refractivity contribution is -0.213. The summed E-state index contributed by atoms with van der Waals surface area (Å²) >= 11 is 0. The standard InChI is InChI=1S/C13H19F3N2O2/c1-9(19)18-6-4-10(5-7-18)17-12-11(13(14,15)16)3-2-8-20-12/h10-12,17H,2,4-8H2,1H3. The molecule has 0 aliphatic carbocycles. The van der Waals surface area contributed by atoms with Gasteiger partial charge in [0, 0.05) is 39.1 Å². The minimum absolute atomic E-state index is 0.00667. The van der Waals surface area contributed by atoms with E-state index in [2.05, 4.69) is 11.7 Å². The molecule has 114 valence electrons. The van der Waals surface area contributed by atoms with E-state index in [0.29, 0.717) is 25.9 Å². The maximum Gasteiger partial charge on any atom is 0.396 e. The minimum atomic E-state index is -4.34. The quantitative estimate of drug-likeness (QED) is 0.840. The zero-order valence-corrected chi connectivity index (χ0v) is 11.4. The molecule has 2 fully saturated rings. The van der Waals surface area contributed by atoms with Gasteiger partial charge in [-0.15, -0.1) is 0 Å². The fourth-order valence-electron chi connectivity index (χ4n) is 2.63. The first kappa shape index (κ1) is 15.6. The lowest BCUT2D eigenvalue weighted by Gasteiger charge is -2.38. The molecule has 0 bridgehead atoms. The Hall–Kier alpha value is -0.820. The average molecular weight is 292 g/mol. The van der Waals surface area contributed by atoms with Crippen LogP contribution >= 0.6 is 0 Å². The number of piperidine rings is 1. The molecule has 4 nitrogen and oxygen atoms in total. The highest BCUT2D eigenvalue weighted by Crippen LogP contribution is 2.35. The number of amides is 1. The summed E-state index contributed by atoms with van der Waals surface area (Å²) in [6, 6.07) is -0.0552. The summed E-state index contributed by atoms with van der Waals surface area (Å²) in [4.78, 5) is 12.9.